The first-order chi connectivity index (χ1) is 9.37. The molecular weight excluding hydrogens is 252 g/mol. The van der Waals surface area contributed by atoms with Crippen molar-refractivity contribution in [1.29, 1.82) is 0 Å². The van der Waals surface area contributed by atoms with Crippen molar-refractivity contribution in [2.24, 2.45) is 5.41 Å². The molecule has 1 aromatic rings. The molecular formula is C16H24N2O2. The van der Waals surface area contributed by atoms with Crippen LogP contribution < -0.4 is 5.32 Å². The van der Waals surface area contributed by atoms with Gasteiger partial charge in [-0.3, -0.25) is 10.1 Å². The molecule has 0 aromatic heterocycles. The van der Waals surface area contributed by atoms with Crippen LogP contribution >= 0.6 is 0 Å². The zero-order valence-electron chi connectivity index (χ0n) is 12.6. The van der Waals surface area contributed by atoms with Gasteiger partial charge in [0.15, 0.2) is 0 Å². The van der Waals surface area contributed by atoms with Crippen LogP contribution in [0.25, 0.3) is 0 Å². The average Bonchev–Trinajstić information content (AvgIpc) is 2.41. The second kappa shape index (κ2) is 5.92. The zero-order chi connectivity index (χ0) is 14.8. The molecule has 20 heavy (non-hydrogen) atoms. The van der Waals surface area contributed by atoms with Crippen molar-refractivity contribution >= 4 is 5.69 Å². The summed E-state index contributed by atoms with van der Waals surface area (Å²) >= 11 is 0. The Kier molecular flexibility index (Phi) is 4.43. The Hall–Kier alpha value is -1.42. The smallest absolute Gasteiger partial charge is 0.269 e. The first kappa shape index (κ1) is 15.0. The molecule has 1 aliphatic rings. The van der Waals surface area contributed by atoms with Crippen molar-refractivity contribution < 1.29 is 4.92 Å². The maximum Gasteiger partial charge on any atom is 0.269 e. The molecule has 0 amide bonds. The van der Waals surface area contributed by atoms with Gasteiger partial charge in [0.1, 0.15) is 0 Å². The van der Waals surface area contributed by atoms with Crippen molar-refractivity contribution in [3.63, 3.8) is 0 Å². The van der Waals surface area contributed by atoms with E-state index in [0.29, 0.717) is 11.5 Å². The van der Waals surface area contributed by atoms with E-state index in [4.69, 9.17) is 0 Å². The molecule has 1 fully saturated rings. The Morgan fingerprint density at radius 3 is 2.60 bits per heavy atom. The Morgan fingerprint density at radius 1 is 1.35 bits per heavy atom. The van der Waals surface area contributed by atoms with Gasteiger partial charge in [0.05, 0.1) is 4.92 Å². The molecule has 4 nitrogen and oxygen atoms in total. The van der Waals surface area contributed by atoms with Crippen LogP contribution in [0, 0.1) is 15.5 Å². The topological polar surface area (TPSA) is 55.2 Å². The quantitative estimate of drug-likeness (QED) is 0.662. The van der Waals surface area contributed by atoms with Gasteiger partial charge in [0, 0.05) is 24.2 Å². The average molecular weight is 276 g/mol. The van der Waals surface area contributed by atoms with Crippen molar-refractivity contribution in [3.8, 4) is 0 Å². The number of nitrogens with one attached hydrogen (secondary N) is 1. The molecule has 1 aliphatic carbocycles. The monoisotopic (exact) mass is 276 g/mol. The highest BCUT2D eigenvalue weighted by atomic mass is 16.6. The molecule has 0 saturated heterocycles. The molecule has 0 radical (unpaired) electrons. The van der Waals surface area contributed by atoms with Gasteiger partial charge in [0.25, 0.3) is 5.69 Å². The Bertz CT molecular complexity index is 475. The third-order valence-electron chi connectivity index (χ3n) is 4.41. The van der Waals surface area contributed by atoms with Crippen molar-refractivity contribution in [1.82, 2.24) is 5.32 Å². The van der Waals surface area contributed by atoms with E-state index < -0.39 is 0 Å². The first-order valence-electron chi connectivity index (χ1n) is 7.38. The van der Waals surface area contributed by atoms with Crippen LogP contribution in [0.3, 0.4) is 0 Å². The predicted molar refractivity (Wildman–Crippen MR) is 80.7 cm³/mol. The van der Waals surface area contributed by atoms with Crippen LogP contribution in [-0.2, 0) is 0 Å². The molecule has 1 N–H and O–H groups in total. The third kappa shape index (κ3) is 3.79. The molecule has 1 unspecified atom stereocenters. The summed E-state index contributed by atoms with van der Waals surface area (Å²) in [5.74, 6) is 0. The van der Waals surface area contributed by atoms with Crippen molar-refractivity contribution in [2.75, 3.05) is 0 Å². The number of nitro benzene ring substituents is 1. The minimum absolute atomic E-state index is 0.154. The van der Waals surface area contributed by atoms with Gasteiger partial charge >= 0.3 is 0 Å². The molecule has 0 bridgehead atoms. The lowest BCUT2D eigenvalue weighted by atomic mass is 9.75. The van der Waals surface area contributed by atoms with Crippen molar-refractivity contribution in [3.05, 3.63) is 39.9 Å². The Labute approximate surface area is 120 Å². The van der Waals surface area contributed by atoms with Gasteiger partial charge < -0.3 is 5.32 Å². The number of hydrogen-bond donors (Lipinski definition) is 1. The van der Waals surface area contributed by atoms with Crippen LogP contribution in [-0.4, -0.2) is 11.0 Å². The Morgan fingerprint density at radius 2 is 2.00 bits per heavy atom. The molecule has 0 heterocycles. The summed E-state index contributed by atoms with van der Waals surface area (Å²) in [6.07, 6.45) is 4.86. The van der Waals surface area contributed by atoms with E-state index in [0.717, 1.165) is 5.56 Å². The number of nitro groups is 1. The fourth-order valence-corrected chi connectivity index (χ4v) is 2.92. The summed E-state index contributed by atoms with van der Waals surface area (Å²) in [7, 11) is 0. The number of rotatable bonds is 4. The second-order valence-electron chi connectivity index (χ2n) is 6.68. The van der Waals surface area contributed by atoms with Gasteiger partial charge in [-0.25, -0.2) is 0 Å². The van der Waals surface area contributed by atoms with Crippen LogP contribution in [0.15, 0.2) is 24.3 Å². The van der Waals surface area contributed by atoms with Crippen LogP contribution in [0.2, 0.25) is 0 Å². The lowest BCUT2D eigenvalue weighted by Crippen LogP contribution is -2.37. The highest BCUT2D eigenvalue weighted by Gasteiger charge is 2.27. The maximum atomic E-state index is 10.8. The molecule has 1 atom stereocenters. The Balaban J connectivity index is 1.97. The summed E-state index contributed by atoms with van der Waals surface area (Å²) < 4.78 is 0. The number of non-ortho nitro benzene ring substituents is 1. The van der Waals surface area contributed by atoms with Crippen molar-refractivity contribution in [2.45, 2.75) is 58.5 Å². The predicted octanol–water partition coefficient (Wildman–Crippen LogP) is 4.21. The minimum atomic E-state index is -0.334. The molecule has 0 aliphatic heterocycles. The van der Waals surface area contributed by atoms with E-state index in [9.17, 15) is 10.1 Å². The second-order valence-corrected chi connectivity index (χ2v) is 6.68. The van der Waals surface area contributed by atoms with Gasteiger partial charge in [-0.2, -0.15) is 0 Å². The molecule has 0 spiro atoms. The lowest BCUT2D eigenvalue weighted by molar-refractivity contribution is -0.384. The van der Waals surface area contributed by atoms with Crippen LogP contribution in [0.1, 0.15) is 58.1 Å². The fraction of sp³-hybridized carbons (Fsp3) is 0.625. The van der Waals surface area contributed by atoms with E-state index in [1.807, 2.05) is 6.07 Å². The van der Waals surface area contributed by atoms with Gasteiger partial charge in [-0.15, -0.1) is 0 Å². The highest BCUT2D eigenvalue weighted by molar-refractivity contribution is 5.35. The fourth-order valence-electron chi connectivity index (χ4n) is 2.92. The summed E-state index contributed by atoms with van der Waals surface area (Å²) in [5.41, 5.74) is 1.62. The van der Waals surface area contributed by atoms with Gasteiger partial charge in [-0.05, 0) is 43.6 Å². The van der Waals surface area contributed by atoms with E-state index in [2.05, 4.69) is 26.1 Å². The number of nitrogens with zero attached hydrogens (tertiary/aromatic N) is 1. The lowest BCUT2D eigenvalue weighted by Gasteiger charge is -2.36. The van der Waals surface area contributed by atoms with E-state index in [1.165, 1.54) is 25.7 Å². The summed E-state index contributed by atoms with van der Waals surface area (Å²) in [4.78, 5) is 10.5. The normalized spacial score (nSPS) is 20.6. The van der Waals surface area contributed by atoms with E-state index in [-0.39, 0.29) is 16.7 Å². The minimum Gasteiger partial charge on any atom is -0.307 e. The van der Waals surface area contributed by atoms with Crippen LogP contribution in [0.4, 0.5) is 5.69 Å². The van der Waals surface area contributed by atoms with Crippen LogP contribution in [0.5, 0.6) is 0 Å². The van der Waals surface area contributed by atoms with E-state index >= 15 is 0 Å². The van der Waals surface area contributed by atoms with Gasteiger partial charge in [0.2, 0.25) is 0 Å². The van der Waals surface area contributed by atoms with E-state index in [1.54, 1.807) is 18.2 Å². The SMILES string of the molecule is CC(NC1CCC(C)(C)CC1)c1cccc([N+](=O)[O-])c1. The number of hydrogen-bond acceptors (Lipinski definition) is 3. The molecule has 1 aromatic carbocycles. The third-order valence-corrected chi connectivity index (χ3v) is 4.41. The number of benzene rings is 1. The van der Waals surface area contributed by atoms with Gasteiger partial charge in [-0.1, -0.05) is 26.0 Å². The standard InChI is InChI=1S/C16H24N2O2/c1-12(13-5-4-6-15(11-13)18(19)20)17-14-7-9-16(2,3)10-8-14/h4-6,11-12,14,17H,7-10H2,1-3H3. The summed E-state index contributed by atoms with van der Waals surface area (Å²) in [6.45, 7) is 6.74. The molecule has 4 heteroatoms. The largest absolute Gasteiger partial charge is 0.307 e. The molecule has 1 saturated carbocycles. The highest BCUT2D eigenvalue weighted by Crippen LogP contribution is 2.35. The maximum absolute atomic E-state index is 10.8. The zero-order valence-corrected chi connectivity index (χ0v) is 12.6. The summed E-state index contributed by atoms with van der Waals surface area (Å²) in [6, 6.07) is 7.61. The molecule has 110 valence electrons. The summed E-state index contributed by atoms with van der Waals surface area (Å²) in [5, 5.41) is 14.4. The molecule has 2 rings (SSSR count). The first-order valence-corrected chi connectivity index (χ1v) is 7.38.